The van der Waals surface area contributed by atoms with Gasteiger partial charge in [0, 0.05) is 12.6 Å². The van der Waals surface area contributed by atoms with E-state index in [0.717, 1.165) is 12.0 Å². The van der Waals surface area contributed by atoms with Gasteiger partial charge in [0.15, 0.2) is 0 Å². The second-order valence-electron chi connectivity index (χ2n) is 5.89. The van der Waals surface area contributed by atoms with Crippen LogP contribution in [0.1, 0.15) is 58.8 Å². The topological polar surface area (TPSA) is 6.48 Å². The first-order valence-electron chi connectivity index (χ1n) is 7.81. The van der Waals surface area contributed by atoms with Gasteiger partial charge in [-0.05, 0) is 31.8 Å². The molecule has 1 aliphatic carbocycles. The summed E-state index contributed by atoms with van der Waals surface area (Å²) in [5, 5.41) is 0. The first-order valence-corrected chi connectivity index (χ1v) is 7.81. The SMILES string of the molecule is CCN1CC(C2CCCCCCC2)N(CC)C1. The maximum Gasteiger partial charge on any atom is 0.0509 e. The molecule has 1 atom stereocenters. The van der Waals surface area contributed by atoms with Crippen LogP contribution in [0.5, 0.6) is 0 Å². The zero-order valence-corrected chi connectivity index (χ0v) is 11.8. The second kappa shape index (κ2) is 6.75. The molecule has 0 N–H and O–H groups in total. The summed E-state index contributed by atoms with van der Waals surface area (Å²) in [5.74, 6) is 0.979. The van der Waals surface area contributed by atoms with Crippen LogP contribution in [0.4, 0.5) is 0 Å². The molecular weight excluding hydrogens is 208 g/mol. The molecule has 1 aliphatic heterocycles. The summed E-state index contributed by atoms with van der Waals surface area (Å²) in [4.78, 5) is 5.34. The number of rotatable bonds is 3. The lowest BCUT2D eigenvalue weighted by Crippen LogP contribution is -2.37. The molecule has 1 saturated carbocycles. The number of likely N-dealkylation sites (N-methyl/N-ethyl adjacent to an activating group) is 2. The zero-order valence-electron chi connectivity index (χ0n) is 11.8. The van der Waals surface area contributed by atoms with Crippen LogP contribution >= 0.6 is 0 Å². The molecule has 1 unspecified atom stereocenters. The smallest absolute Gasteiger partial charge is 0.0509 e. The number of nitrogens with zero attached hydrogens (tertiary/aromatic N) is 2. The fraction of sp³-hybridized carbons (Fsp3) is 1.00. The molecule has 2 rings (SSSR count). The fourth-order valence-corrected chi connectivity index (χ4v) is 3.68. The summed E-state index contributed by atoms with van der Waals surface area (Å²) in [5.41, 5.74) is 0. The van der Waals surface area contributed by atoms with Crippen molar-refractivity contribution in [1.29, 1.82) is 0 Å². The van der Waals surface area contributed by atoms with Gasteiger partial charge in [-0.25, -0.2) is 0 Å². The van der Waals surface area contributed by atoms with E-state index in [0.29, 0.717) is 0 Å². The van der Waals surface area contributed by atoms with Crippen LogP contribution < -0.4 is 0 Å². The van der Waals surface area contributed by atoms with Crippen molar-refractivity contribution in [2.75, 3.05) is 26.3 Å². The average Bonchev–Trinajstić information content (AvgIpc) is 2.72. The third kappa shape index (κ3) is 3.45. The van der Waals surface area contributed by atoms with E-state index in [-0.39, 0.29) is 0 Å². The molecule has 2 heteroatoms. The summed E-state index contributed by atoms with van der Waals surface area (Å²) in [7, 11) is 0. The second-order valence-corrected chi connectivity index (χ2v) is 5.89. The van der Waals surface area contributed by atoms with E-state index in [1.165, 1.54) is 71.2 Å². The monoisotopic (exact) mass is 238 g/mol. The Morgan fingerprint density at radius 3 is 2.12 bits per heavy atom. The minimum Gasteiger partial charge on any atom is -0.289 e. The summed E-state index contributed by atoms with van der Waals surface area (Å²) < 4.78 is 0. The maximum absolute atomic E-state index is 2.72. The van der Waals surface area contributed by atoms with Gasteiger partial charge in [0.2, 0.25) is 0 Å². The van der Waals surface area contributed by atoms with Crippen molar-refractivity contribution < 1.29 is 0 Å². The van der Waals surface area contributed by atoms with Crippen molar-refractivity contribution in [1.82, 2.24) is 9.80 Å². The summed E-state index contributed by atoms with van der Waals surface area (Å²) in [6.07, 6.45) is 10.4. The van der Waals surface area contributed by atoms with Crippen molar-refractivity contribution in [2.24, 2.45) is 5.92 Å². The van der Waals surface area contributed by atoms with E-state index < -0.39 is 0 Å². The number of hydrogen-bond donors (Lipinski definition) is 0. The Kier molecular flexibility index (Phi) is 5.30. The Bertz CT molecular complexity index is 209. The molecule has 1 heterocycles. The van der Waals surface area contributed by atoms with Gasteiger partial charge in [-0.3, -0.25) is 9.80 Å². The fourth-order valence-electron chi connectivity index (χ4n) is 3.68. The van der Waals surface area contributed by atoms with E-state index in [2.05, 4.69) is 23.6 Å². The van der Waals surface area contributed by atoms with Crippen LogP contribution in [0.3, 0.4) is 0 Å². The van der Waals surface area contributed by atoms with E-state index in [9.17, 15) is 0 Å². The molecular formula is C15H30N2. The molecule has 0 radical (unpaired) electrons. The first kappa shape index (κ1) is 13.4. The van der Waals surface area contributed by atoms with Gasteiger partial charge in [-0.2, -0.15) is 0 Å². The zero-order chi connectivity index (χ0) is 12.1. The highest BCUT2D eigenvalue weighted by Crippen LogP contribution is 2.30. The summed E-state index contributed by atoms with van der Waals surface area (Å²) in [6, 6.07) is 0.859. The summed E-state index contributed by atoms with van der Waals surface area (Å²) >= 11 is 0. The Morgan fingerprint density at radius 2 is 1.53 bits per heavy atom. The van der Waals surface area contributed by atoms with Gasteiger partial charge >= 0.3 is 0 Å². The van der Waals surface area contributed by atoms with Crippen molar-refractivity contribution in [3.05, 3.63) is 0 Å². The largest absolute Gasteiger partial charge is 0.289 e. The molecule has 1 saturated heterocycles. The quantitative estimate of drug-likeness (QED) is 0.744. The molecule has 0 bridgehead atoms. The Morgan fingerprint density at radius 1 is 0.882 bits per heavy atom. The van der Waals surface area contributed by atoms with Gasteiger partial charge in [0.1, 0.15) is 0 Å². The van der Waals surface area contributed by atoms with Gasteiger partial charge in [-0.15, -0.1) is 0 Å². The van der Waals surface area contributed by atoms with Crippen LogP contribution in [-0.4, -0.2) is 42.1 Å². The van der Waals surface area contributed by atoms with Gasteiger partial charge in [0.25, 0.3) is 0 Å². The third-order valence-electron chi connectivity index (χ3n) is 4.84. The van der Waals surface area contributed by atoms with Crippen molar-refractivity contribution >= 4 is 0 Å². The Labute approximate surface area is 107 Å². The third-order valence-corrected chi connectivity index (χ3v) is 4.84. The lowest BCUT2D eigenvalue weighted by atomic mass is 9.85. The molecule has 0 aromatic heterocycles. The van der Waals surface area contributed by atoms with Gasteiger partial charge < -0.3 is 0 Å². The average molecular weight is 238 g/mol. The Hall–Kier alpha value is -0.0800. The maximum atomic E-state index is 2.72. The molecule has 0 amide bonds. The van der Waals surface area contributed by atoms with E-state index >= 15 is 0 Å². The molecule has 2 nitrogen and oxygen atoms in total. The highest BCUT2D eigenvalue weighted by atomic mass is 15.4. The Balaban J connectivity index is 1.93. The molecule has 0 aromatic rings. The molecule has 100 valence electrons. The van der Waals surface area contributed by atoms with Crippen LogP contribution in [0.25, 0.3) is 0 Å². The molecule has 0 spiro atoms. The van der Waals surface area contributed by atoms with Crippen LogP contribution in [-0.2, 0) is 0 Å². The van der Waals surface area contributed by atoms with Crippen LogP contribution in [0, 0.1) is 5.92 Å². The van der Waals surface area contributed by atoms with E-state index in [1.54, 1.807) is 0 Å². The first-order chi connectivity index (χ1) is 8.35. The molecule has 0 aromatic carbocycles. The standard InChI is InChI=1S/C15H30N2/c1-3-16-12-15(17(4-2)13-16)14-10-8-6-5-7-9-11-14/h14-15H,3-13H2,1-2H3. The lowest BCUT2D eigenvalue weighted by molar-refractivity contribution is 0.174. The molecule has 17 heavy (non-hydrogen) atoms. The predicted octanol–water partition coefficient (Wildman–Crippen LogP) is 3.33. The van der Waals surface area contributed by atoms with Crippen LogP contribution in [0.15, 0.2) is 0 Å². The normalized spacial score (nSPS) is 30.4. The predicted molar refractivity (Wildman–Crippen MR) is 74.1 cm³/mol. The van der Waals surface area contributed by atoms with Crippen molar-refractivity contribution in [3.63, 3.8) is 0 Å². The summed E-state index contributed by atoms with van der Waals surface area (Å²) in [6.45, 7) is 9.63. The molecule has 2 aliphatic rings. The van der Waals surface area contributed by atoms with Crippen molar-refractivity contribution in [3.8, 4) is 0 Å². The highest BCUT2D eigenvalue weighted by molar-refractivity contribution is 4.87. The lowest BCUT2D eigenvalue weighted by Gasteiger charge is -2.31. The van der Waals surface area contributed by atoms with E-state index in [4.69, 9.17) is 0 Å². The van der Waals surface area contributed by atoms with Crippen LogP contribution in [0.2, 0.25) is 0 Å². The van der Waals surface area contributed by atoms with Crippen molar-refractivity contribution in [2.45, 2.75) is 64.8 Å². The van der Waals surface area contributed by atoms with Gasteiger partial charge in [0.05, 0.1) is 6.67 Å². The highest BCUT2D eigenvalue weighted by Gasteiger charge is 2.33. The minimum atomic E-state index is 0.859. The van der Waals surface area contributed by atoms with Gasteiger partial charge in [-0.1, -0.05) is 46.0 Å². The number of hydrogen-bond acceptors (Lipinski definition) is 2. The molecule has 2 fully saturated rings. The minimum absolute atomic E-state index is 0.859. The van der Waals surface area contributed by atoms with E-state index in [1.807, 2.05) is 0 Å².